The molecule has 5 heteroatoms. The fraction of sp³-hybridized carbons (Fsp3) is 0.778. The first-order valence-electron chi connectivity index (χ1n) is 4.79. The van der Waals surface area contributed by atoms with E-state index in [9.17, 15) is 9.59 Å². The van der Waals surface area contributed by atoms with E-state index in [1.165, 1.54) is 6.92 Å². The number of carbonyl (C=O) groups is 2. The Morgan fingerprint density at radius 1 is 1.29 bits per heavy atom. The Morgan fingerprint density at radius 2 is 1.86 bits per heavy atom. The van der Waals surface area contributed by atoms with E-state index in [0.29, 0.717) is 25.9 Å². The lowest BCUT2D eigenvalue weighted by atomic mass is 10.2. The van der Waals surface area contributed by atoms with Crippen LogP contribution in [0.4, 0.5) is 0 Å². The first-order chi connectivity index (χ1) is 6.52. The summed E-state index contributed by atoms with van der Waals surface area (Å²) in [5.74, 6) is -0.109. The summed E-state index contributed by atoms with van der Waals surface area (Å²) in [6.45, 7) is 4.25. The second-order valence-electron chi connectivity index (χ2n) is 3.35. The molecule has 0 rings (SSSR count). The first-order valence-corrected chi connectivity index (χ1v) is 4.79. The van der Waals surface area contributed by atoms with Crippen LogP contribution in [0.5, 0.6) is 0 Å². The summed E-state index contributed by atoms with van der Waals surface area (Å²) in [5.41, 5.74) is 5.50. The minimum Gasteiger partial charge on any atom is -0.355 e. The summed E-state index contributed by atoms with van der Waals surface area (Å²) in [7, 11) is 0. The van der Waals surface area contributed by atoms with Gasteiger partial charge in [0.05, 0.1) is 0 Å². The largest absolute Gasteiger partial charge is 0.355 e. The Bertz CT molecular complexity index is 192. The normalized spacial score (nSPS) is 11.9. The van der Waals surface area contributed by atoms with Gasteiger partial charge in [-0.15, -0.1) is 0 Å². The predicted octanol–water partition coefficient (Wildman–Crippen LogP) is -0.634. The van der Waals surface area contributed by atoms with Crippen molar-refractivity contribution >= 4 is 11.8 Å². The third kappa shape index (κ3) is 8.99. The zero-order valence-electron chi connectivity index (χ0n) is 8.80. The van der Waals surface area contributed by atoms with E-state index in [1.54, 1.807) is 0 Å². The van der Waals surface area contributed by atoms with E-state index in [2.05, 4.69) is 10.6 Å². The summed E-state index contributed by atoms with van der Waals surface area (Å²) in [6.07, 6.45) is 1.13. The lowest BCUT2D eigenvalue weighted by Crippen LogP contribution is -2.34. The highest BCUT2D eigenvalue weighted by molar-refractivity contribution is 5.76. The van der Waals surface area contributed by atoms with Gasteiger partial charge in [0.15, 0.2) is 0 Å². The molecule has 0 spiro atoms. The third-order valence-corrected chi connectivity index (χ3v) is 1.65. The molecule has 1 unspecified atom stereocenters. The van der Waals surface area contributed by atoms with Crippen LogP contribution in [0, 0.1) is 0 Å². The Labute approximate surface area is 84.4 Å². The van der Waals surface area contributed by atoms with Crippen LogP contribution in [-0.2, 0) is 9.59 Å². The molecule has 0 aromatic carbocycles. The summed E-state index contributed by atoms with van der Waals surface area (Å²) in [6, 6.07) is 0.0519. The number of hydrogen-bond acceptors (Lipinski definition) is 3. The van der Waals surface area contributed by atoms with Crippen molar-refractivity contribution < 1.29 is 9.59 Å². The molecule has 0 aromatic rings. The first kappa shape index (κ1) is 12.9. The van der Waals surface area contributed by atoms with E-state index < -0.39 is 0 Å². The molecular formula is C9H19N3O2. The number of nitrogens with one attached hydrogen (secondary N) is 2. The van der Waals surface area contributed by atoms with E-state index in [1.807, 2.05) is 6.92 Å². The molecule has 5 nitrogen and oxygen atoms in total. The van der Waals surface area contributed by atoms with E-state index >= 15 is 0 Å². The van der Waals surface area contributed by atoms with E-state index in [4.69, 9.17) is 5.73 Å². The van der Waals surface area contributed by atoms with E-state index in [-0.39, 0.29) is 17.9 Å². The molecule has 0 aliphatic carbocycles. The zero-order valence-corrected chi connectivity index (χ0v) is 8.80. The van der Waals surface area contributed by atoms with Gasteiger partial charge in [0.1, 0.15) is 0 Å². The maximum absolute atomic E-state index is 11.1. The summed E-state index contributed by atoms with van der Waals surface area (Å²) in [4.78, 5) is 21.6. The Balaban J connectivity index is 3.31. The maximum Gasteiger partial charge on any atom is 0.220 e. The van der Waals surface area contributed by atoms with Gasteiger partial charge in [0.25, 0.3) is 0 Å². The van der Waals surface area contributed by atoms with Crippen LogP contribution in [0.3, 0.4) is 0 Å². The van der Waals surface area contributed by atoms with Gasteiger partial charge < -0.3 is 16.4 Å². The number of hydrogen-bond donors (Lipinski definition) is 3. The van der Waals surface area contributed by atoms with Crippen LogP contribution in [0.2, 0.25) is 0 Å². The van der Waals surface area contributed by atoms with Crippen LogP contribution in [-0.4, -0.2) is 30.9 Å². The van der Waals surface area contributed by atoms with Crippen LogP contribution >= 0.6 is 0 Å². The molecule has 0 radical (unpaired) electrons. The molecule has 82 valence electrons. The average molecular weight is 201 g/mol. The van der Waals surface area contributed by atoms with Gasteiger partial charge in [0, 0.05) is 32.5 Å². The summed E-state index contributed by atoms with van der Waals surface area (Å²) in [5, 5.41) is 5.27. The third-order valence-electron chi connectivity index (χ3n) is 1.65. The van der Waals surface area contributed by atoms with Gasteiger partial charge >= 0.3 is 0 Å². The fourth-order valence-electron chi connectivity index (χ4n) is 0.888. The van der Waals surface area contributed by atoms with Crippen LogP contribution in [0.15, 0.2) is 0 Å². The van der Waals surface area contributed by atoms with E-state index in [0.717, 1.165) is 0 Å². The van der Waals surface area contributed by atoms with Crippen molar-refractivity contribution in [2.75, 3.05) is 13.1 Å². The second kappa shape index (κ2) is 7.32. The molecule has 4 N–H and O–H groups in total. The molecule has 0 aliphatic heterocycles. The average Bonchev–Trinajstić information content (AvgIpc) is 2.08. The zero-order chi connectivity index (χ0) is 11.0. The van der Waals surface area contributed by atoms with Crippen LogP contribution in [0.25, 0.3) is 0 Å². The predicted molar refractivity (Wildman–Crippen MR) is 54.6 cm³/mol. The molecule has 0 fully saturated rings. The van der Waals surface area contributed by atoms with Crippen molar-refractivity contribution in [3.05, 3.63) is 0 Å². The molecule has 0 heterocycles. The molecule has 0 bridgehead atoms. The molecule has 14 heavy (non-hydrogen) atoms. The van der Waals surface area contributed by atoms with Crippen molar-refractivity contribution in [1.82, 2.24) is 10.6 Å². The molecule has 0 saturated heterocycles. The second-order valence-corrected chi connectivity index (χ2v) is 3.35. The Kier molecular flexibility index (Phi) is 6.74. The minimum atomic E-state index is -0.0881. The molecule has 0 aromatic heterocycles. The maximum atomic E-state index is 11.1. The lowest BCUT2D eigenvalue weighted by Gasteiger charge is -2.06. The Morgan fingerprint density at radius 3 is 2.36 bits per heavy atom. The molecule has 1 atom stereocenters. The van der Waals surface area contributed by atoms with Gasteiger partial charge in [0.2, 0.25) is 11.8 Å². The highest BCUT2D eigenvalue weighted by Gasteiger charge is 2.02. The molecule has 0 aliphatic rings. The van der Waals surface area contributed by atoms with Crippen molar-refractivity contribution in [2.45, 2.75) is 32.7 Å². The quantitative estimate of drug-likeness (QED) is 0.500. The van der Waals surface area contributed by atoms with Gasteiger partial charge in [-0.3, -0.25) is 9.59 Å². The number of carbonyl (C=O) groups excluding carboxylic acids is 2. The number of nitrogens with two attached hydrogens (primary N) is 1. The number of amides is 2. The van der Waals surface area contributed by atoms with Crippen LogP contribution in [0.1, 0.15) is 26.7 Å². The van der Waals surface area contributed by atoms with Crippen molar-refractivity contribution in [3.63, 3.8) is 0 Å². The summed E-state index contributed by atoms with van der Waals surface area (Å²) >= 11 is 0. The summed E-state index contributed by atoms with van der Waals surface area (Å²) < 4.78 is 0. The monoisotopic (exact) mass is 201 g/mol. The smallest absolute Gasteiger partial charge is 0.220 e. The Hall–Kier alpha value is -1.10. The van der Waals surface area contributed by atoms with Crippen molar-refractivity contribution in [2.24, 2.45) is 5.73 Å². The minimum absolute atomic E-state index is 0.0207. The van der Waals surface area contributed by atoms with Gasteiger partial charge in [-0.25, -0.2) is 0 Å². The van der Waals surface area contributed by atoms with Gasteiger partial charge in [-0.2, -0.15) is 0 Å². The molecule has 2 amide bonds. The van der Waals surface area contributed by atoms with Crippen molar-refractivity contribution in [1.29, 1.82) is 0 Å². The van der Waals surface area contributed by atoms with Crippen molar-refractivity contribution in [3.8, 4) is 0 Å². The van der Waals surface area contributed by atoms with Gasteiger partial charge in [-0.1, -0.05) is 0 Å². The van der Waals surface area contributed by atoms with Crippen LogP contribution < -0.4 is 16.4 Å². The van der Waals surface area contributed by atoms with Gasteiger partial charge in [-0.05, 0) is 13.3 Å². The fourth-order valence-corrected chi connectivity index (χ4v) is 0.888. The standard InChI is InChI=1S/C9H19N3O2/c1-7(10)3-4-9(14)12-6-5-11-8(2)13/h7H,3-6,10H2,1-2H3,(H,11,13)(H,12,14). The SMILES string of the molecule is CC(=O)NCCNC(=O)CCC(C)N. The highest BCUT2D eigenvalue weighted by atomic mass is 16.2. The molecule has 0 saturated carbocycles. The highest BCUT2D eigenvalue weighted by Crippen LogP contribution is 1.91. The molecular weight excluding hydrogens is 182 g/mol. The number of rotatable bonds is 6. The topological polar surface area (TPSA) is 84.2 Å². The lowest BCUT2D eigenvalue weighted by molar-refractivity contribution is -0.122.